The van der Waals surface area contributed by atoms with Gasteiger partial charge in [0.1, 0.15) is 52.3 Å². The van der Waals surface area contributed by atoms with Crippen LogP contribution in [-0.4, -0.2) is 56.2 Å². The van der Waals surface area contributed by atoms with Gasteiger partial charge in [-0.3, -0.25) is 4.79 Å². The highest BCUT2D eigenvalue weighted by molar-refractivity contribution is 5.87. The third kappa shape index (κ3) is 3.72. The molecule has 2 heterocycles. The van der Waals surface area contributed by atoms with Crippen LogP contribution >= 0.6 is 0 Å². The second-order valence-corrected chi connectivity index (χ2v) is 7.55. The van der Waals surface area contributed by atoms with Crippen molar-refractivity contribution in [3.63, 3.8) is 0 Å². The van der Waals surface area contributed by atoms with Gasteiger partial charge in [0.05, 0.1) is 6.10 Å². The Morgan fingerprint density at radius 2 is 1.61 bits per heavy atom. The molecule has 0 bridgehead atoms. The molecule has 1 aliphatic rings. The largest absolute Gasteiger partial charge is 0.508 e. The van der Waals surface area contributed by atoms with Gasteiger partial charge < -0.3 is 39.4 Å². The SMILES string of the molecule is Cc1c(-c2ccc(O)cc2)oc2cc(O)cc(O[C@H]3O[C@@H](C)[C@H](O)[C@@H](O)[C@H]3O)c2c1=O. The standard InChI is InChI=1S/C22H22O9/c1-9-17(25)16-14(30-21(9)11-3-5-12(23)6-4-11)7-13(24)8-15(16)31-22-20(28)19(27)18(26)10(2)29-22/h3-8,10,18-20,22-24,26-28H,1-2H3/t10-,18-,19+,20+,22+/m0/s1. The smallest absolute Gasteiger partial charge is 0.229 e. The molecule has 1 fully saturated rings. The lowest BCUT2D eigenvalue weighted by Gasteiger charge is -2.38. The van der Waals surface area contributed by atoms with Crippen LogP contribution in [0.25, 0.3) is 22.3 Å². The molecule has 5 N–H and O–H groups in total. The van der Waals surface area contributed by atoms with Crippen LogP contribution in [0.5, 0.6) is 17.2 Å². The number of hydrogen-bond donors (Lipinski definition) is 5. The Hall–Kier alpha value is -3.11. The zero-order chi connectivity index (χ0) is 22.4. The summed E-state index contributed by atoms with van der Waals surface area (Å²) in [5.41, 5.74) is 0.422. The number of aromatic hydroxyl groups is 2. The minimum Gasteiger partial charge on any atom is -0.508 e. The summed E-state index contributed by atoms with van der Waals surface area (Å²) >= 11 is 0. The lowest BCUT2D eigenvalue weighted by molar-refractivity contribution is -0.267. The van der Waals surface area contributed by atoms with Gasteiger partial charge in [-0.2, -0.15) is 0 Å². The van der Waals surface area contributed by atoms with Crippen molar-refractivity contribution >= 4 is 11.0 Å². The Morgan fingerprint density at radius 1 is 0.935 bits per heavy atom. The number of phenolic OH excluding ortho intramolecular Hbond substituents is 2. The molecule has 0 aliphatic carbocycles. The molecule has 5 atom stereocenters. The average molecular weight is 430 g/mol. The van der Waals surface area contributed by atoms with E-state index in [4.69, 9.17) is 13.9 Å². The maximum absolute atomic E-state index is 13.2. The third-order valence-corrected chi connectivity index (χ3v) is 5.35. The van der Waals surface area contributed by atoms with Crippen LogP contribution < -0.4 is 10.2 Å². The van der Waals surface area contributed by atoms with Crippen molar-refractivity contribution in [1.29, 1.82) is 0 Å². The Labute approximate surface area is 176 Å². The van der Waals surface area contributed by atoms with Crippen molar-refractivity contribution < 1.29 is 39.4 Å². The number of fused-ring (bicyclic) bond motifs is 1. The van der Waals surface area contributed by atoms with Gasteiger partial charge in [0.2, 0.25) is 6.29 Å². The molecule has 0 radical (unpaired) electrons. The fourth-order valence-corrected chi connectivity index (χ4v) is 3.57. The monoisotopic (exact) mass is 430 g/mol. The molecule has 0 amide bonds. The van der Waals surface area contributed by atoms with Crippen LogP contribution in [0, 0.1) is 6.92 Å². The van der Waals surface area contributed by atoms with Gasteiger partial charge in [-0.1, -0.05) is 0 Å². The number of rotatable bonds is 3. The number of aliphatic hydroxyl groups excluding tert-OH is 3. The first-order chi connectivity index (χ1) is 14.7. The van der Waals surface area contributed by atoms with Crippen molar-refractivity contribution in [3.8, 4) is 28.6 Å². The van der Waals surface area contributed by atoms with Crippen LogP contribution in [0.3, 0.4) is 0 Å². The Kier molecular flexibility index (Phi) is 5.36. The van der Waals surface area contributed by atoms with Crippen molar-refractivity contribution in [3.05, 3.63) is 52.2 Å². The highest BCUT2D eigenvalue weighted by atomic mass is 16.7. The summed E-state index contributed by atoms with van der Waals surface area (Å²) in [6.45, 7) is 3.07. The summed E-state index contributed by atoms with van der Waals surface area (Å²) in [6.07, 6.45) is -6.65. The zero-order valence-corrected chi connectivity index (χ0v) is 16.7. The van der Waals surface area contributed by atoms with Crippen molar-refractivity contribution in [2.45, 2.75) is 44.6 Å². The minimum absolute atomic E-state index is 0.0156. The van der Waals surface area contributed by atoms with Crippen molar-refractivity contribution in [1.82, 2.24) is 0 Å². The zero-order valence-electron chi connectivity index (χ0n) is 16.7. The number of ether oxygens (including phenoxy) is 2. The molecule has 1 aromatic heterocycles. The maximum Gasteiger partial charge on any atom is 0.229 e. The molecule has 1 aliphatic heterocycles. The van der Waals surface area contributed by atoms with Crippen molar-refractivity contribution in [2.75, 3.05) is 0 Å². The van der Waals surface area contributed by atoms with Gasteiger partial charge in [0, 0.05) is 23.3 Å². The average Bonchev–Trinajstić information content (AvgIpc) is 2.73. The Morgan fingerprint density at radius 3 is 2.29 bits per heavy atom. The molecule has 164 valence electrons. The van der Waals surface area contributed by atoms with E-state index in [1.165, 1.54) is 31.2 Å². The summed E-state index contributed by atoms with van der Waals surface area (Å²) in [7, 11) is 0. The van der Waals surface area contributed by atoms with Gasteiger partial charge in [0.25, 0.3) is 0 Å². The summed E-state index contributed by atoms with van der Waals surface area (Å²) in [5, 5.41) is 49.7. The van der Waals surface area contributed by atoms with Gasteiger partial charge in [0.15, 0.2) is 5.43 Å². The molecule has 4 rings (SSSR count). The van der Waals surface area contributed by atoms with Crippen LogP contribution in [0.1, 0.15) is 12.5 Å². The van der Waals surface area contributed by atoms with Crippen LogP contribution in [0.2, 0.25) is 0 Å². The fraction of sp³-hybridized carbons (Fsp3) is 0.318. The first-order valence-electron chi connectivity index (χ1n) is 9.63. The third-order valence-electron chi connectivity index (χ3n) is 5.35. The molecule has 0 saturated carbocycles. The molecule has 9 heteroatoms. The van der Waals surface area contributed by atoms with E-state index in [9.17, 15) is 30.3 Å². The van der Waals surface area contributed by atoms with E-state index in [-0.39, 0.29) is 39.5 Å². The molecule has 31 heavy (non-hydrogen) atoms. The van der Waals surface area contributed by atoms with Crippen LogP contribution in [0.15, 0.2) is 45.6 Å². The molecule has 0 unspecified atom stereocenters. The maximum atomic E-state index is 13.2. The van der Waals surface area contributed by atoms with Crippen molar-refractivity contribution in [2.24, 2.45) is 0 Å². The predicted octanol–water partition coefficient (Wildman–Crippen LogP) is 1.39. The number of phenols is 2. The molecule has 2 aromatic carbocycles. The normalized spacial score (nSPS) is 26.2. The summed E-state index contributed by atoms with van der Waals surface area (Å²) in [5.74, 6) is -0.0466. The minimum atomic E-state index is -1.59. The number of hydrogen-bond acceptors (Lipinski definition) is 9. The second-order valence-electron chi connectivity index (χ2n) is 7.55. The highest BCUT2D eigenvalue weighted by Crippen LogP contribution is 2.35. The lowest BCUT2D eigenvalue weighted by atomic mass is 10.00. The molecule has 1 saturated heterocycles. The molecule has 0 spiro atoms. The summed E-state index contributed by atoms with van der Waals surface area (Å²) < 4.78 is 17.0. The van der Waals surface area contributed by atoms with E-state index >= 15 is 0 Å². The Bertz CT molecular complexity index is 1170. The van der Waals surface area contributed by atoms with Gasteiger partial charge in [-0.05, 0) is 38.1 Å². The Balaban J connectivity index is 1.81. The molecular weight excluding hydrogens is 408 g/mol. The fourth-order valence-electron chi connectivity index (χ4n) is 3.57. The number of aliphatic hydroxyl groups is 3. The van der Waals surface area contributed by atoms with E-state index in [0.717, 1.165) is 0 Å². The predicted molar refractivity (Wildman–Crippen MR) is 109 cm³/mol. The van der Waals surface area contributed by atoms with E-state index < -0.39 is 36.1 Å². The van der Waals surface area contributed by atoms with Crippen LogP contribution in [0.4, 0.5) is 0 Å². The van der Waals surface area contributed by atoms with E-state index in [1.54, 1.807) is 19.1 Å². The first kappa shape index (κ1) is 21.1. The van der Waals surface area contributed by atoms with Gasteiger partial charge in [-0.15, -0.1) is 0 Å². The van der Waals surface area contributed by atoms with E-state index in [0.29, 0.717) is 5.56 Å². The topological polar surface area (TPSA) is 150 Å². The quantitative estimate of drug-likeness (QED) is 0.415. The van der Waals surface area contributed by atoms with E-state index in [1.807, 2.05) is 0 Å². The summed E-state index contributed by atoms with van der Waals surface area (Å²) in [6, 6.07) is 8.53. The second kappa shape index (κ2) is 7.86. The molecular formula is C22H22O9. The first-order valence-corrected chi connectivity index (χ1v) is 9.63. The molecule has 9 nitrogen and oxygen atoms in total. The van der Waals surface area contributed by atoms with Gasteiger partial charge in [-0.25, -0.2) is 0 Å². The number of benzene rings is 2. The van der Waals surface area contributed by atoms with Gasteiger partial charge >= 0.3 is 0 Å². The van der Waals surface area contributed by atoms with E-state index in [2.05, 4.69) is 0 Å². The lowest BCUT2D eigenvalue weighted by Crippen LogP contribution is -2.58. The van der Waals surface area contributed by atoms with Crippen LogP contribution in [-0.2, 0) is 4.74 Å². The highest BCUT2D eigenvalue weighted by Gasteiger charge is 2.43. The summed E-state index contributed by atoms with van der Waals surface area (Å²) in [4.78, 5) is 13.2. The molecule has 3 aromatic rings.